The Balaban J connectivity index is 2.20. The summed E-state index contributed by atoms with van der Waals surface area (Å²) in [4.78, 5) is 11.2. The fraction of sp³-hybridized carbons (Fsp3) is 0.188. The molecule has 0 unspecified atom stereocenters. The highest BCUT2D eigenvalue weighted by Crippen LogP contribution is 2.29. The molecule has 0 aromatic heterocycles. The minimum atomic E-state index is -0.500. The average molecular weight is 286 g/mol. The van der Waals surface area contributed by atoms with Crippen molar-refractivity contribution in [1.82, 2.24) is 0 Å². The van der Waals surface area contributed by atoms with Gasteiger partial charge in [-0.25, -0.2) is 0 Å². The predicted molar refractivity (Wildman–Crippen MR) is 81.7 cm³/mol. The van der Waals surface area contributed by atoms with E-state index in [9.17, 15) is 4.79 Å². The molecule has 0 aliphatic heterocycles. The van der Waals surface area contributed by atoms with Crippen molar-refractivity contribution in [3.63, 3.8) is 0 Å². The first-order chi connectivity index (χ1) is 10.1. The third-order valence-corrected chi connectivity index (χ3v) is 2.73. The SMILES string of the molecule is CCCOc1cc(N)cc(Oc2cccc(C(N)=O)c2)c1. The number of hydrogen-bond acceptors (Lipinski definition) is 4. The van der Waals surface area contributed by atoms with Gasteiger partial charge in [-0.1, -0.05) is 13.0 Å². The standard InChI is InChI=1S/C16H18N2O3/c1-2-6-20-14-8-12(17)9-15(10-14)21-13-5-3-4-11(7-13)16(18)19/h3-5,7-10H,2,6,17H2,1H3,(H2,18,19). The Morgan fingerprint density at radius 1 is 1.10 bits per heavy atom. The first-order valence-corrected chi connectivity index (χ1v) is 6.69. The molecule has 5 heteroatoms. The Kier molecular flexibility index (Phi) is 4.66. The maximum atomic E-state index is 11.2. The van der Waals surface area contributed by atoms with Gasteiger partial charge in [-0.3, -0.25) is 4.79 Å². The van der Waals surface area contributed by atoms with Gasteiger partial charge in [0.05, 0.1) is 6.61 Å². The molecule has 2 aromatic carbocycles. The quantitative estimate of drug-likeness (QED) is 0.799. The highest BCUT2D eigenvalue weighted by atomic mass is 16.5. The molecule has 4 N–H and O–H groups in total. The van der Waals surface area contributed by atoms with Crippen molar-refractivity contribution < 1.29 is 14.3 Å². The minimum absolute atomic E-state index is 0.388. The number of nitrogen functional groups attached to an aromatic ring is 1. The van der Waals surface area contributed by atoms with Crippen LogP contribution in [-0.2, 0) is 0 Å². The molecule has 2 rings (SSSR count). The lowest BCUT2D eigenvalue weighted by Gasteiger charge is -2.10. The topological polar surface area (TPSA) is 87.6 Å². The Bertz CT molecular complexity index is 641. The average Bonchev–Trinajstić information content (AvgIpc) is 2.45. The first kappa shape index (κ1) is 14.7. The van der Waals surface area contributed by atoms with E-state index in [4.69, 9.17) is 20.9 Å². The van der Waals surface area contributed by atoms with Gasteiger partial charge in [-0.15, -0.1) is 0 Å². The van der Waals surface area contributed by atoms with Crippen LogP contribution in [0.25, 0.3) is 0 Å². The van der Waals surface area contributed by atoms with Gasteiger partial charge in [0.1, 0.15) is 17.2 Å². The van der Waals surface area contributed by atoms with Gasteiger partial charge in [0.25, 0.3) is 0 Å². The maximum Gasteiger partial charge on any atom is 0.248 e. The first-order valence-electron chi connectivity index (χ1n) is 6.69. The molecule has 21 heavy (non-hydrogen) atoms. The molecule has 0 fully saturated rings. The molecule has 110 valence electrons. The smallest absolute Gasteiger partial charge is 0.248 e. The summed E-state index contributed by atoms with van der Waals surface area (Å²) in [6.07, 6.45) is 0.908. The zero-order chi connectivity index (χ0) is 15.2. The molecule has 2 aromatic rings. The number of hydrogen-bond donors (Lipinski definition) is 2. The number of carbonyl (C=O) groups excluding carboxylic acids is 1. The van der Waals surface area contributed by atoms with Crippen molar-refractivity contribution in [3.05, 3.63) is 48.0 Å². The van der Waals surface area contributed by atoms with E-state index in [0.29, 0.717) is 35.1 Å². The van der Waals surface area contributed by atoms with Gasteiger partial charge in [-0.2, -0.15) is 0 Å². The van der Waals surface area contributed by atoms with E-state index in [2.05, 4.69) is 0 Å². The van der Waals surface area contributed by atoms with Crippen LogP contribution < -0.4 is 20.9 Å². The van der Waals surface area contributed by atoms with E-state index in [1.807, 2.05) is 6.92 Å². The minimum Gasteiger partial charge on any atom is -0.493 e. The second kappa shape index (κ2) is 6.65. The van der Waals surface area contributed by atoms with Gasteiger partial charge in [-0.05, 0) is 24.6 Å². The highest BCUT2D eigenvalue weighted by molar-refractivity contribution is 5.93. The van der Waals surface area contributed by atoms with E-state index in [1.54, 1.807) is 42.5 Å². The number of ether oxygens (including phenoxy) is 2. The van der Waals surface area contributed by atoms with Crippen LogP contribution >= 0.6 is 0 Å². The lowest BCUT2D eigenvalue weighted by atomic mass is 10.2. The number of benzene rings is 2. The van der Waals surface area contributed by atoms with Crippen LogP contribution in [0.2, 0.25) is 0 Å². The number of anilines is 1. The van der Waals surface area contributed by atoms with Crippen LogP contribution in [0.15, 0.2) is 42.5 Å². The number of rotatable bonds is 6. The molecule has 5 nitrogen and oxygen atoms in total. The van der Waals surface area contributed by atoms with Crippen LogP contribution in [-0.4, -0.2) is 12.5 Å². The van der Waals surface area contributed by atoms with Gasteiger partial charge >= 0.3 is 0 Å². The summed E-state index contributed by atoms with van der Waals surface area (Å²) in [5.74, 6) is 1.21. The molecule has 1 amide bonds. The summed E-state index contributed by atoms with van der Waals surface area (Å²) in [7, 11) is 0. The second-order valence-electron chi connectivity index (χ2n) is 4.58. The van der Waals surface area contributed by atoms with Crippen molar-refractivity contribution >= 4 is 11.6 Å². The van der Waals surface area contributed by atoms with Crippen molar-refractivity contribution in [1.29, 1.82) is 0 Å². The summed E-state index contributed by atoms with van der Waals surface area (Å²) in [5, 5.41) is 0. The summed E-state index contributed by atoms with van der Waals surface area (Å²) < 4.78 is 11.2. The fourth-order valence-electron chi connectivity index (χ4n) is 1.80. The van der Waals surface area contributed by atoms with Gasteiger partial charge < -0.3 is 20.9 Å². The molecule has 0 bridgehead atoms. The predicted octanol–water partition coefficient (Wildman–Crippen LogP) is 2.95. The monoisotopic (exact) mass is 286 g/mol. The molecule has 0 radical (unpaired) electrons. The number of primary amides is 1. The van der Waals surface area contributed by atoms with Crippen LogP contribution in [0.3, 0.4) is 0 Å². The van der Waals surface area contributed by atoms with Crippen LogP contribution in [0.1, 0.15) is 23.7 Å². The third-order valence-electron chi connectivity index (χ3n) is 2.73. The van der Waals surface area contributed by atoms with Crippen molar-refractivity contribution in [2.45, 2.75) is 13.3 Å². The fourth-order valence-corrected chi connectivity index (χ4v) is 1.80. The van der Waals surface area contributed by atoms with Crippen LogP contribution in [0.4, 0.5) is 5.69 Å². The van der Waals surface area contributed by atoms with Crippen molar-refractivity contribution in [2.75, 3.05) is 12.3 Å². The lowest BCUT2D eigenvalue weighted by Crippen LogP contribution is -2.10. The van der Waals surface area contributed by atoms with Crippen LogP contribution in [0, 0.1) is 0 Å². The highest BCUT2D eigenvalue weighted by Gasteiger charge is 2.05. The Morgan fingerprint density at radius 2 is 1.86 bits per heavy atom. The molecule has 0 aliphatic carbocycles. The van der Waals surface area contributed by atoms with E-state index in [1.165, 1.54) is 0 Å². The third kappa shape index (κ3) is 4.14. The van der Waals surface area contributed by atoms with Crippen LogP contribution in [0.5, 0.6) is 17.2 Å². The number of nitrogens with two attached hydrogens (primary N) is 2. The Morgan fingerprint density at radius 3 is 2.57 bits per heavy atom. The largest absolute Gasteiger partial charge is 0.493 e. The molecule has 0 atom stereocenters. The molecule has 0 saturated carbocycles. The summed E-state index contributed by atoms with van der Waals surface area (Å²) >= 11 is 0. The van der Waals surface area contributed by atoms with Crippen molar-refractivity contribution in [3.8, 4) is 17.2 Å². The molecular formula is C16H18N2O3. The number of amides is 1. The zero-order valence-electron chi connectivity index (χ0n) is 11.8. The molecule has 0 spiro atoms. The van der Waals surface area contributed by atoms with E-state index >= 15 is 0 Å². The maximum absolute atomic E-state index is 11.2. The van der Waals surface area contributed by atoms with E-state index in [0.717, 1.165) is 6.42 Å². The van der Waals surface area contributed by atoms with E-state index < -0.39 is 5.91 Å². The summed E-state index contributed by atoms with van der Waals surface area (Å²) in [6.45, 7) is 2.64. The van der Waals surface area contributed by atoms with Crippen molar-refractivity contribution in [2.24, 2.45) is 5.73 Å². The molecule has 0 saturated heterocycles. The zero-order valence-corrected chi connectivity index (χ0v) is 11.8. The molecular weight excluding hydrogens is 268 g/mol. The van der Waals surface area contributed by atoms with E-state index in [-0.39, 0.29) is 0 Å². The van der Waals surface area contributed by atoms with Gasteiger partial charge in [0.2, 0.25) is 5.91 Å². The van der Waals surface area contributed by atoms with Gasteiger partial charge in [0.15, 0.2) is 0 Å². The second-order valence-corrected chi connectivity index (χ2v) is 4.58. The molecule has 0 heterocycles. The summed E-state index contributed by atoms with van der Waals surface area (Å²) in [6, 6.07) is 11.8. The Hall–Kier alpha value is -2.69. The normalized spacial score (nSPS) is 10.1. The van der Waals surface area contributed by atoms with Gasteiger partial charge in [0, 0.05) is 29.4 Å². The number of carbonyl (C=O) groups is 1. The molecule has 0 aliphatic rings. The Labute approximate surface area is 123 Å². The summed E-state index contributed by atoms with van der Waals surface area (Å²) in [5.41, 5.74) is 12.0. The lowest BCUT2D eigenvalue weighted by molar-refractivity contribution is 0.1000.